The van der Waals surface area contributed by atoms with Crippen molar-refractivity contribution in [1.82, 2.24) is 4.41 Å². The predicted octanol–water partition coefficient (Wildman–Crippen LogP) is 1.21. The fourth-order valence-electron chi connectivity index (χ4n) is 1.19. The normalized spacial score (nSPS) is 12.3. The van der Waals surface area contributed by atoms with Gasteiger partial charge in [0.25, 0.3) is 10.0 Å². The molecule has 15 heavy (non-hydrogen) atoms. The van der Waals surface area contributed by atoms with Crippen molar-refractivity contribution in [2.75, 3.05) is 6.54 Å². The van der Waals surface area contributed by atoms with Crippen molar-refractivity contribution < 1.29 is 8.42 Å². The highest BCUT2D eigenvalue weighted by atomic mass is 32.2. The SMILES string of the molecule is CC(C)CN(N)S(=O)(=O)c1ccccc1. The molecule has 0 heterocycles. The predicted molar refractivity (Wildman–Crippen MR) is 59.4 cm³/mol. The van der Waals surface area contributed by atoms with E-state index in [2.05, 4.69) is 0 Å². The molecule has 0 aliphatic rings. The van der Waals surface area contributed by atoms with Crippen LogP contribution < -0.4 is 5.84 Å². The smallest absolute Gasteiger partial charge is 0.255 e. The molecule has 0 unspecified atom stereocenters. The molecule has 0 amide bonds. The molecule has 2 N–H and O–H groups in total. The first-order valence-corrected chi connectivity index (χ1v) is 6.21. The van der Waals surface area contributed by atoms with Crippen LogP contribution in [0.3, 0.4) is 0 Å². The van der Waals surface area contributed by atoms with Crippen LogP contribution in [0.4, 0.5) is 0 Å². The summed E-state index contributed by atoms with van der Waals surface area (Å²) >= 11 is 0. The quantitative estimate of drug-likeness (QED) is 0.622. The first-order chi connectivity index (χ1) is 6.94. The minimum absolute atomic E-state index is 0.202. The van der Waals surface area contributed by atoms with Gasteiger partial charge in [-0.3, -0.25) is 5.84 Å². The van der Waals surface area contributed by atoms with Crippen molar-refractivity contribution in [3.8, 4) is 0 Å². The molecule has 0 saturated heterocycles. The van der Waals surface area contributed by atoms with E-state index < -0.39 is 10.0 Å². The van der Waals surface area contributed by atoms with Gasteiger partial charge >= 0.3 is 0 Å². The van der Waals surface area contributed by atoms with E-state index in [1.54, 1.807) is 18.2 Å². The van der Waals surface area contributed by atoms with E-state index in [0.717, 1.165) is 4.41 Å². The van der Waals surface area contributed by atoms with Gasteiger partial charge in [0, 0.05) is 6.54 Å². The molecule has 4 nitrogen and oxygen atoms in total. The molecule has 0 bridgehead atoms. The molecule has 84 valence electrons. The van der Waals surface area contributed by atoms with Crippen LogP contribution in [0.15, 0.2) is 35.2 Å². The minimum atomic E-state index is -3.52. The zero-order valence-corrected chi connectivity index (χ0v) is 9.74. The Balaban J connectivity index is 2.94. The van der Waals surface area contributed by atoms with Crippen LogP contribution in [-0.2, 0) is 10.0 Å². The lowest BCUT2D eigenvalue weighted by molar-refractivity contribution is 0.378. The minimum Gasteiger partial charge on any atom is -0.255 e. The van der Waals surface area contributed by atoms with Crippen LogP contribution in [0.5, 0.6) is 0 Å². The molecule has 5 heteroatoms. The van der Waals surface area contributed by atoms with E-state index in [0.29, 0.717) is 6.54 Å². The number of hydrazine groups is 1. The van der Waals surface area contributed by atoms with Crippen molar-refractivity contribution in [3.63, 3.8) is 0 Å². The summed E-state index contributed by atoms with van der Waals surface area (Å²) in [6.45, 7) is 4.15. The van der Waals surface area contributed by atoms with Crippen LogP contribution in [0, 0.1) is 5.92 Å². The highest BCUT2D eigenvalue weighted by Crippen LogP contribution is 2.12. The van der Waals surface area contributed by atoms with Crippen molar-refractivity contribution in [1.29, 1.82) is 0 Å². The molecule has 1 aromatic carbocycles. The molecule has 0 atom stereocenters. The number of nitrogens with zero attached hydrogens (tertiary/aromatic N) is 1. The third-order valence-corrected chi connectivity index (χ3v) is 3.53. The number of rotatable bonds is 4. The third-order valence-electron chi connectivity index (χ3n) is 1.89. The zero-order valence-electron chi connectivity index (χ0n) is 8.92. The van der Waals surface area contributed by atoms with Gasteiger partial charge in [-0.1, -0.05) is 32.0 Å². The summed E-state index contributed by atoms with van der Waals surface area (Å²) in [6.07, 6.45) is 0. The molecular formula is C10H16N2O2S. The fourth-order valence-corrected chi connectivity index (χ4v) is 2.45. The first-order valence-electron chi connectivity index (χ1n) is 4.77. The highest BCUT2D eigenvalue weighted by molar-refractivity contribution is 7.89. The summed E-state index contributed by atoms with van der Waals surface area (Å²) in [4.78, 5) is 0.230. The second-order valence-electron chi connectivity index (χ2n) is 3.78. The number of nitrogens with two attached hydrogens (primary N) is 1. The lowest BCUT2D eigenvalue weighted by atomic mass is 10.2. The van der Waals surface area contributed by atoms with Gasteiger partial charge in [-0.05, 0) is 18.1 Å². The average molecular weight is 228 g/mol. The summed E-state index contributed by atoms with van der Waals surface area (Å²) in [6, 6.07) is 8.19. The average Bonchev–Trinajstić information content (AvgIpc) is 2.18. The monoisotopic (exact) mass is 228 g/mol. The molecule has 1 aromatic rings. The summed E-state index contributed by atoms with van der Waals surface area (Å²) < 4.78 is 24.6. The molecule has 0 saturated carbocycles. The lowest BCUT2D eigenvalue weighted by Gasteiger charge is -2.18. The van der Waals surface area contributed by atoms with Gasteiger partial charge in [-0.25, -0.2) is 8.42 Å². The van der Waals surface area contributed by atoms with Crippen molar-refractivity contribution >= 4 is 10.0 Å². The van der Waals surface area contributed by atoms with Crippen molar-refractivity contribution in [2.45, 2.75) is 18.7 Å². The van der Waals surface area contributed by atoms with E-state index >= 15 is 0 Å². The van der Waals surface area contributed by atoms with Gasteiger partial charge in [0.2, 0.25) is 0 Å². The van der Waals surface area contributed by atoms with E-state index in [1.807, 2.05) is 13.8 Å². The van der Waals surface area contributed by atoms with Crippen LogP contribution in [0.1, 0.15) is 13.8 Å². The van der Waals surface area contributed by atoms with Gasteiger partial charge in [0.05, 0.1) is 4.90 Å². The molecule has 0 spiro atoms. The van der Waals surface area contributed by atoms with Crippen molar-refractivity contribution in [3.05, 3.63) is 30.3 Å². The first kappa shape index (κ1) is 12.2. The largest absolute Gasteiger partial charge is 0.255 e. The van der Waals surface area contributed by atoms with Crippen LogP contribution >= 0.6 is 0 Å². The standard InChI is InChI=1S/C10H16N2O2S/c1-9(2)8-12(11)15(13,14)10-6-4-3-5-7-10/h3-7,9H,8,11H2,1-2H3. The van der Waals surface area contributed by atoms with Gasteiger partial charge < -0.3 is 0 Å². The van der Waals surface area contributed by atoms with Gasteiger partial charge in [-0.15, -0.1) is 4.41 Å². The number of benzene rings is 1. The van der Waals surface area contributed by atoms with Crippen LogP contribution in [-0.4, -0.2) is 19.4 Å². The van der Waals surface area contributed by atoms with Gasteiger partial charge in [0.15, 0.2) is 0 Å². The second kappa shape index (κ2) is 4.74. The second-order valence-corrected chi connectivity index (χ2v) is 5.67. The molecule has 0 aliphatic carbocycles. The van der Waals surface area contributed by atoms with Crippen LogP contribution in [0.2, 0.25) is 0 Å². The summed E-state index contributed by atoms with van der Waals surface area (Å²) in [5.74, 6) is 5.73. The Morgan fingerprint density at radius 2 is 1.80 bits per heavy atom. The Kier molecular flexibility index (Phi) is 3.84. The molecule has 1 rings (SSSR count). The maximum Gasteiger partial charge on any atom is 0.255 e. The molecule has 0 aliphatic heterocycles. The van der Waals surface area contributed by atoms with Gasteiger partial charge in [-0.2, -0.15) is 0 Å². The molecular weight excluding hydrogens is 212 g/mol. The Labute approximate surface area is 90.7 Å². The summed E-state index contributed by atoms with van der Waals surface area (Å²) in [5.41, 5.74) is 0. The number of hydrogen-bond acceptors (Lipinski definition) is 3. The summed E-state index contributed by atoms with van der Waals surface area (Å²) in [5, 5.41) is 0. The Hall–Kier alpha value is -0.910. The number of sulfonamides is 1. The lowest BCUT2D eigenvalue weighted by Crippen LogP contribution is -2.39. The van der Waals surface area contributed by atoms with Crippen LogP contribution in [0.25, 0.3) is 0 Å². The maximum atomic E-state index is 11.9. The maximum absolute atomic E-state index is 11.9. The molecule has 0 fully saturated rings. The highest BCUT2D eigenvalue weighted by Gasteiger charge is 2.21. The fraction of sp³-hybridized carbons (Fsp3) is 0.400. The van der Waals surface area contributed by atoms with E-state index in [9.17, 15) is 8.42 Å². The number of hydrogen-bond donors (Lipinski definition) is 1. The van der Waals surface area contributed by atoms with Gasteiger partial charge in [0.1, 0.15) is 0 Å². The molecule has 0 aromatic heterocycles. The Morgan fingerprint density at radius 1 is 1.27 bits per heavy atom. The zero-order chi connectivity index (χ0) is 11.5. The topological polar surface area (TPSA) is 63.4 Å². The third kappa shape index (κ3) is 3.02. The Morgan fingerprint density at radius 3 is 2.27 bits per heavy atom. The van der Waals surface area contributed by atoms with E-state index in [4.69, 9.17) is 5.84 Å². The van der Waals surface area contributed by atoms with Crippen molar-refractivity contribution in [2.24, 2.45) is 11.8 Å². The van der Waals surface area contributed by atoms with E-state index in [1.165, 1.54) is 12.1 Å². The molecule has 0 radical (unpaired) electrons. The summed E-state index contributed by atoms with van der Waals surface area (Å²) in [7, 11) is -3.52. The Bertz CT molecular complexity index is 401. The van der Waals surface area contributed by atoms with E-state index in [-0.39, 0.29) is 10.8 Å².